The van der Waals surface area contributed by atoms with Crippen LogP contribution in [-0.4, -0.2) is 39.4 Å². The van der Waals surface area contributed by atoms with Crippen LogP contribution in [0.1, 0.15) is 11.1 Å². The summed E-state index contributed by atoms with van der Waals surface area (Å²) in [5.74, 6) is 0. The molecule has 19 heavy (non-hydrogen) atoms. The third-order valence-electron chi connectivity index (χ3n) is 2.79. The Labute approximate surface area is 117 Å². The van der Waals surface area contributed by atoms with E-state index in [1.165, 1.54) is 5.56 Å². The molecule has 4 nitrogen and oxygen atoms in total. The molecule has 0 saturated heterocycles. The van der Waals surface area contributed by atoms with Crippen molar-refractivity contribution in [1.29, 1.82) is 0 Å². The Hall–Kier alpha value is -1.27. The number of rotatable bonds is 7. The second kappa shape index (κ2) is 7.35. The van der Waals surface area contributed by atoms with Crippen LogP contribution < -0.4 is 0 Å². The van der Waals surface area contributed by atoms with Crippen molar-refractivity contribution >= 4 is 11.3 Å². The van der Waals surface area contributed by atoms with Gasteiger partial charge in [-0.3, -0.25) is 9.88 Å². The minimum atomic E-state index is -0.713. The standard InChI is InChI=1S/C14H18N2O2S/c17-10-14(18)9-16(8-13-3-5-19-11-13)7-12-2-1-4-15-6-12/h1-6,11,14,17-18H,7-10H2. The second-order valence-corrected chi connectivity index (χ2v) is 5.28. The van der Waals surface area contributed by atoms with Crippen LogP contribution in [0.4, 0.5) is 0 Å². The van der Waals surface area contributed by atoms with Crippen molar-refractivity contribution in [3.8, 4) is 0 Å². The lowest BCUT2D eigenvalue weighted by Gasteiger charge is -2.24. The van der Waals surface area contributed by atoms with Gasteiger partial charge in [0.2, 0.25) is 0 Å². The highest BCUT2D eigenvalue weighted by Gasteiger charge is 2.12. The van der Waals surface area contributed by atoms with E-state index in [1.807, 2.05) is 23.7 Å². The van der Waals surface area contributed by atoms with Gasteiger partial charge in [-0.1, -0.05) is 6.07 Å². The van der Waals surface area contributed by atoms with Gasteiger partial charge in [-0.2, -0.15) is 11.3 Å². The van der Waals surface area contributed by atoms with Gasteiger partial charge >= 0.3 is 0 Å². The van der Waals surface area contributed by atoms with E-state index < -0.39 is 6.10 Å². The molecule has 1 unspecified atom stereocenters. The summed E-state index contributed by atoms with van der Waals surface area (Å²) in [7, 11) is 0. The summed E-state index contributed by atoms with van der Waals surface area (Å²) in [4.78, 5) is 6.21. The number of hydrogen-bond donors (Lipinski definition) is 2. The first-order valence-electron chi connectivity index (χ1n) is 6.19. The van der Waals surface area contributed by atoms with Gasteiger partial charge in [0.25, 0.3) is 0 Å². The first-order chi connectivity index (χ1) is 9.28. The van der Waals surface area contributed by atoms with E-state index in [2.05, 4.69) is 21.3 Å². The van der Waals surface area contributed by atoms with Crippen LogP contribution in [0.3, 0.4) is 0 Å². The number of aromatic nitrogens is 1. The maximum absolute atomic E-state index is 9.63. The monoisotopic (exact) mass is 278 g/mol. The first kappa shape index (κ1) is 14.1. The smallest absolute Gasteiger partial charge is 0.0897 e. The van der Waals surface area contributed by atoms with Crippen molar-refractivity contribution in [2.75, 3.05) is 13.2 Å². The molecule has 2 heterocycles. The molecule has 0 spiro atoms. The van der Waals surface area contributed by atoms with Crippen LogP contribution >= 0.6 is 11.3 Å². The van der Waals surface area contributed by atoms with E-state index in [0.717, 1.165) is 12.1 Å². The van der Waals surface area contributed by atoms with Gasteiger partial charge in [-0.15, -0.1) is 0 Å². The third kappa shape index (κ3) is 4.72. The lowest BCUT2D eigenvalue weighted by atomic mass is 10.2. The zero-order valence-electron chi connectivity index (χ0n) is 10.6. The van der Waals surface area contributed by atoms with Gasteiger partial charge < -0.3 is 10.2 Å². The van der Waals surface area contributed by atoms with Crippen LogP contribution in [0.5, 0.6) is 0 Å². The number of aliphatic hydroxyl groups excluding tert-OH is 2. The molecule has 2 rings (SSSR count). The first-order valence-corrected chi connectivity index (χ1v) is 7.13. The summed E-state index contributed by atoms with van der Waals surface area (Å²) in [5.41, 5.74) is 2.32. The fourth-order valence-electron chi connectivity index (χ4n) is 1.93. The highest BCUT2D eigenvalue weighted by molar-refractivity contribution is 7.07. The molecule has 0 saturated carbocycles. The number of pyridine rings is 1. The van der Waals surface area contributed by atoms with Crippen molar-refractivity contribution in [2.24, 2.45) is 0 Å². The SMILES string of the molecule is OCC(O)CN(Cc1cccnc1)Cc1ccsc1. The number of aliphatic hydroxyl groups is 2. The maximum atomic E-state index is 9.63. The minimum absolute atomic E-state index is 0.215. The van der Waals surface area contributed by atoms with E-state index in [4.69, 9.17) is 5.11 Å². The molecule has 102 valence electrons. The van der Waals surface area contributed by atoms with Crippen molar-refractivity contribution in [3.63, 3.8) is 0 Å². The van der Waals surface area contributed by atoms with E-state index in [0.29, 0.717) is 13.1 Å². The lowest BCUT2D eigenvalue weighted by Crippen LogP contribution is -2.33. The minimum Gasteiger partial charge on any atom is -0.394 e. The van der Waals surface area contributed by atoms with Crippen LogP contribution in [0, 0.1) is 0 Å². The topological polar surface area (TPSA) is 56.6 Å². The van der Waals surface area contributed by atoms with Gasteiger partial charge in [0.15, 0.2) is 0 Å². The second-order valence-electron chi connectivity index (χ2n) is 4.50. The Morgan fingerprint density at radius 3 is 2.74 bits per heavy atom. The molecule has 0 bridgehead atoms. The van der Waals surface area contributed by atoms with E-state index in [-0.39, 0.29) is 6.61 Å². The Morgan fingerprint density at radius 1 is 1.26 bits per heavy atom. The number of thiophene rings is 1. The highest BCUT2D eigenvalue weighted by Crippen LogP contribution is 2.12. The Balaban J connectivity index is 2.01. The van der Waals surface area contributed by atoms with E-state index in [9.17, 15) is 5.11 Å². The summed E-state index contributed by atoms with van der Waals surface area (Å²) in [5, 5.41) is 22.8. The molecule has 0 aliphatic rings. The van der Waals surface area contributed by atoms with Gasteiger partial charge in [0, 0.05) is 32.0 Å². The molecule has 5 heteroatoms. The fraction of sp³-hybridized carbons (Fsp3) is 0.357. The van der Waals surface area contributed by atoms with Crippen LogP contribution in [0.15, 0.2) is 41.4 Å². The van der Waals surface area contributed by atoms with Gasteiger partial charge in [0.05, 0.1) is 12.7 Å². The molecule has 0 aromatic carbocycles. The molecule has 1 atom stereocenters. The van der Waals surface area contributed by atoms with Crippen LogP contribution in [-0.2, 0) is 13.1 Å². The van der Waals surface area contributed by atoms with Crippen molar-refractivity contribution in [3.05, 3.63) is 52.5 Å². The number of hydrogen-bond acceptors (Lipinski definition) is 5. The average Bonchev–Trinajstić information content (AvgIpc) is 2.92. The largest absolute Gasteiger partial charge is 0.394 e. The summed E-state index contributed by atoms with van der Waals surface area (Å²) in [6.07, 6.45) is 2.86. The Kier molecular flexibility index (Phi) is 5.47. The maximum Gasteiger partial charge on any atom is 0.0897 e. The zero-order chi connectivity index (χ0) is 13.5. The third-order valence-corrected chi connectivity index (χ3v) is 3.53. The summed E-state index contributed by atoms with van der Waals surface area (Å²) in [6.45, 7) is 1.70. The van der Waals surface area contributed by atoms with Crippen LogP contribution in [0.2, 0.25) is 0 Å². The Bertz CT molecular complexity index is 462. The molecular formula is C14H18N2O2S. The highest BCUT2D eigenvalue weighted by atomic mass is 32.1. The fourth-order valence-corrected chi connectivity index (χ4v) is 2.59. The summed E-state index contributed by atoms with van der Waals surface area (Å²) in [6, 6.07) is 5.99. The molecule has 0 radical (unpaired) electrons. The van der Waals surface area contributed by atoms with Gasteiger partial charge in [-0.25, -0.2) is 0 Å². The van der Waals surface area contributed by atoms with Crippen molar-refractivity contribution in [2.45, 2.75) is 19.2 Å². The molecule has 0 fully saturated rings. The van der Waals surface area contributed by atoms with E-state index >= 15 is 0 Å². The summed E-state index contributed by atoms with van der Waals surface area (Å²) >= 11 is 1.66. The Morgan fingerprint density at radius 2 is 2.11 bits per heavy atom. The molecule has 2 N–H and O–H groups in total. The van der Waals surface area contributed by atoms with E-state index in [1.54, 1.807) is 17.5 Å². The molecule has 2 aromatic heterocycles. The molecular weight excluding hydrogens is 260 g/mol. The lowest BCUT2D eigenvalue weighted by molar-refractivity contribution is 0.0542. The molecule has 0 amide bonds. The average molecular weight is 278 g/mol. The zero-order valence-corrected chi connectivity index (χ0v) is 11.5. The van der Waals surface area contributed by atoms with Crippen LogP contribution in [0.25, 0.3) is 0 Å². The number of nitrogens with zero attached hydrogens (tertiary/aromatic N) is 2. The predicted octanol–water partition coefficient (Wildman–Crippen LogP) is 1.50. The predicted molar refractivity (Wildman–Crippen MR) is 75.8 cm³/mol. The van der Waals surface area contributed by atoms with Crippen molar-refractivity contribution < 1.29 is 10.2 Å². The molecule has 0 aliphatic carbocycles. The quantitative estimate of drug-likeness (QED) is 0.806. The van der Waals surface area contributed by atoms with Crippen molar-refractivity contribution in [1.82, 2.24) is 9.88 Å². The normalized spacial score (nSPS) is 12.8. The summed E-state index contributed by atoms with van der Waals surface area (Å²) < 4.78 is 0. The van der Waals surface area contributed by atoms with Gasteiger partial charge in [-0.05, 0) is 34.0 Å². The molecule has 0 aliphatic heterocycles. The molecule has 2 aromatic rings. The van der Waals surface area contributed by atoms with Gasteiger partial charge in [0.1, 0.15) is 0 Å².